The molecule has 1 aliphatic heterocycles. The molecule has 2 saturated carbocycles. The molecule has 5 atom stereocenters. The Morgan fingerprint density at radius 3 is 2.73 bits per heavy atom. The minimum atomic E-state index is -4.18. The largest absolute Gasteiger partial charge is 0.490 e. The lowest BCUT2D eigenvalue weighted by atomic mass is 9.68. The van der Waals surface area contributed by atoms with Crippen molar-refractivity contribution in [2.45, 2.75) is 88.0 Å². The normalized spacial score (nSPS) is 27.7. The molecule has 260 valence electrons. The highest BCUT2D eigenvalue weighted by Gasteiger charge is 2.45. The highest BCUT2D eigenvalue weighted by Crippen LogP contribution is 2.46. The monoisotopic (exact) mass is 697 g/mol. The van der Waals surface area contributed by atoms with E-state index in [1.54, 1.807) is 37.5 Å². The van der Waals surface area contributed by atoms with Crippen molar-refractivity contribution >= 4 is 33.4 Å². The summed E-state index contributed by atoms with van der Waals surface area (Å²) in [6.07, 6.45) is 9.09. The zero-order valence-corrected chi connectivity index (χ0v) is 29.5. The predicted molar refractivity (Wildman–Crippen MR) is 189 cm³/mol. The number of hydrogen-bond acceptors (Lipinski definition) is 7. The Morgan fingerprint density at radius 2 is 2.04 bits per heavy atom. The Kier molecular flexibility index (Phi) is 10.3. The molecule has 4 aliphatic rings. The Hall–Kier alpha value is -2.89. The van der Waals surface area contributed by atoms with Gasteiger partial charge in [-0.3, -0.25) is 4.79 Å². The van der Waals surface area contributed by atoms with Crippen molar-refractivity contribution in [1.29, 1.82) is 0 Å². The van der Waals surface area contributed by atoms with Gasteiger partial charge in [-0.1, -0.05) is 29.8 Å². The van der Waals surface area contributed by atoms with Crippen molar-refractivity contribution in [1.82, 2.24) is 9.03 Å². The molecule has 0 unspecified atom stereocenters. The summed E-state index contributed by atoms with van der Waals surface area (Å²) >= 11 is 6.41. The number of methoxy groups -OCH3 is 1. The molecule has 2 fully saturated rings. The zero-order valence-electron chi connectivity index (χ0n) is 27.9. The van der Waals surface area contributed by atoms with Crippen LogP contribution in [0.1, 0.15) is 73.4 Å². The topological polar surface area (TPSA) is 108 Å². The van der Waals surface area contributed by atoms with Gasteiger partial charge in [-0.2, -0.15) is 12.7 Å². The third kappa shape index (κ3) is 6.79. The predicted octanol–water partition coefficient (Wildman–Crippen LogP) is 5.80. The summed E-state index contributed by atoms with van der Waals surface area (Å²) in [5.74, 6) is 0.281. The van der Waals surface area contributed by atoms with E-state index in [2.05, 4.69) is 34.9 Å². The van der Waals surface area contributed by atoms with Crippen LogP contribution in [0.2, 0.25) is 5.02 Å². The molecule has 1 spiro atoms. The van der Waals surface area contributed by atoms with E-state index >= 15 is 0 Å². The van der Waals surface area contributed by atoms with Crippen LogP contribution < -0.4 is 14.4 Å². The van der Waals surface area contributed by atoms with Crippen molar-refractivity contribution < 1.29 is 27.8 Å². The molecule has 11 heteroatoms. The lowest BCUT2D eigenvalue weighted by Crippen LogP contribution is -2.57. The molecule has 0 radical (unpaired) electrons. The second-order valence-corrected chi connectivity index (χ2v) is 16.1. The first-order chi connectivity index (χ1) is 23.0. The number of aliphatic hydroxyl groups excluding tert-OH is 1. The summed E-state index contributed by atoms with van der Waals surface area (Å²) in [5.41, 5.74) is 3.14. The molecule has 0 saturated heterocycles. The van der Waals surface area contributed by atoms with Crippen LogP contribution in [0.15, 0.2) is 61.7 Å². The third-order valence-electron chi connectivity index (χ3n) is 11.1. The standard InChI is InChI=1S/C37H48ClN3O6S/c1-5-8-24(3)41(29-19-30(20-29)46-4)48(44,45)39-36(43)26-11-15-35-33(18-26)40(21-27-10-13-31(27)34(42)6-2)22-37(23-47-35)16-7-9-25-17-28(38)12-14-32(25)37/h5-6,11-12,14-15,17-18,24,27,29-31,34,42H,1-2,7-10,13,16,19-23H2,3-4H3,(H,39,43)/t24-,27-,29?,30?,31+,34-,37-/m0/s1. The van der Waals surface area contributed by atoms with Crippen LogP contribution in [0.3, 0.4) is 0 Å². The van der Waals surface area contributed by atoms with Crippen molar-refractivity contribution in [2.24, 2.45) is 11.8 Å². The number of carbonyl (C=O) groups is 1. The highest BCUT2D eigenvalue weighted by atomic mass is 35.5. The van der Waals surface area contributed by atoms with E-state index in [-0.39, 0.29) is 41.0 Å². The molecular weight excluding hydrogens is 650 g/mol. The number of benzene rings is 2. The van der Waals surface area contributed by atoms with Crippen molar-refractivity contribution in [3.05, 3.63) is 83.4 Å². The van der Waals surface area contributed by atoms with E-state index in [1.807, 2.05) is 13.0 Å². The second-order valence-electron chi connectivity index (χ2n) is 14.1. The maximum absolute atomic E-state index is 13.8. The number of anilines is 1. The van der Waals surface area contributed by atoms with Crippen LogP contribution in [-0.2, 0) is 26.8 Å². The average Bonchev–Trinajstić information content (AvgIpc) is 3.17. The van der Waals surface area contributed by atoms with Crippen LogP contribution in [0, 0.1) is 11.8 Å². The molecule has 6 rings (SSSR count). The lowest BCUT2D eigenvalue weighted by Gasteiger charge is -2.45. The quantitative estimate of drug-likeness (QED) is 0.270. The molecule has 2 aromatic rings. The Balaban J connectivity index is 1.31. The third-order valence-corrected chi connectivity index (χ3v) is 13.0. The van der Waals surface area contributed by atoms with Crippen molar-refractivity contribution in [3.8, 4) is 5.75 Å². The number of nitrogens with zero attached hydrogens (tertiary/aromatic N) is 2. The zero-order chi connectivity index (χ0) is 34.2. The molecule has 3 aliphatic carbocycles. The minimum absolute atomic E-state index is 0.00540. The van der Waals surface area contributed by atoms with Gasteiger partial charge >= 0.3 is 10.2 Å². The van der Waals surface area contributed by atoms with E-state index in [0.29, 0.717) is 44.7 Å². The van der Waals surface area contributed by atoms with Gasteiger partial charge in [0.1, 0.15) is 5.75 Å². The number of rotatable bonds is 12. The first-order valence-corrected chi connectivity index (χ1v) is 18.9. The van der Waals surface area contributed by atoms with Gasteiger partial charge in [0, 0.05) is 48.3 Å². The molecule has 0 bridgehead atoms. The average molecular weight is 698 g/mol. The number of nitrogens with one attached hydrogen (secondary N) is 1. The second kappa shape index (κ2) is 14.2. The van der Waals surface area contributed by atoms with Crippen molar-refractivity contribution in [2.75, 3.05) is 31.7 Å². The molecule has 2 aromatic carbocycles. The smallest absolute Gasteiger partial charge is 0.304 e. The Labute approximate surface area is 290 Å². The maximum atomic E-state index is 13.8. The number of fused-ring (bicyclic) bond motifs is 3. The number of aliphatic hydroxyl groups is 1. The van der Waals surface area contributed by atoms with Crippen LogP contribution >= 0.6 is 11.6 Å². The first kappa shape index (κ1) is 35.0. The molecule has 1 heterocycles. The molecule has 2 N–H and O–H groups in total. The summed E-state index contributed by atoms with van der Waals surface area (Å²) in [6, 6.07) is 10.6. The number of hydrogen-bond donors (Lipinski definition) is 2. The van der Waals surface area contributed by atoms with Gasteiger partial charge < -0.3 is 19.5 Å². The highest BCUT2D eigenvalue weighted by molar-refractivity contribution is 7.87. The van der Waals surface area contributed by atoms with E-state index in [4.69, 9.17) is 21.1 Å². The summed E-state index contributed by atoms with van der Waals surface area (Å²) in [6.45, 7) is 11.2. The summed E-state index contributed by atoms with van der Waals surface area (Å²) in [5, 5.41) is 11.4. The maximum Gasteiger partial charge on any atom is 0.304 e. The minimum Gasteiger partial charge on any atom is -0.490 e. The van der Waals surface area contributed by atoms with Gasteiger partial charge in [-0.25, -0.2) is 4.72 Å². The van der Waals surface area contributed by atoms with Gasteiger partial charge in [0.15, 0.2) is 0 Å². The number of carbonyl (C=O) groups excluding carboxylic acids is 1. The number of halogens is 1. The lowest BCUT2D eigenvalue weighted by molar-refractivity contribution is -0.0109. The molecule has 0 aromatic heterocycles. The van der Waals surface area contributed by atoms with E-state index in [9.17, 15) is 18.3 Å². The van der Waals surface area contributed by atoms with E-state index in [0.717, 1.165) is 42.8 Å². The van der Waals surface area contributed by atoms with Gasteiger partial charge in [0.2, 0.25) is 0 Å². The van der Waals surface area contributed by atoms with Crippen LogP contribution in [-0.4, -0.2) is 74.8 Å². The van der Waals surface area contributed by atoms with Crippen molar-refractivity contribution in [3.63, 3.8) is 0 Å². The molecular formula is C37H48ClN3O6S. The fraction of sp³-hybridized carbons (Fsp3) is 0.541. The summed E-state index contributed by atoms with van der Waals surface area (Å²) in [7, 11) is -2.56. The molecule has 48 heavy (non-hydrogen) atoms. The van der Waals surface area contributed by atoms with E-state index < -0.39 is 22.2 Å². The number of ether oxygens (including phenoxy) is 2. The fourth-order valence-corrected chi connectivity index (χ4v) is 10.1. The van der Waals surface area contributed by atoms with Gasteiger partial charge in [0.25, 0.3) is 5.91 Å². The number of amides is 1. The molecule has 1 amide bonds. The van der Waals surface area contributed by atoms with Crippen LogP contribution in [0.25, 0.3) is 0 Å². The number of aryl methyl sites for hydroxylation is 1. The summed E-state index contributed by atoms with van der Waals surface area (Å²) < 4.78 is 43.3. The SMILES string of the molecule is C=CC[C@H](C)N(C1CC(OC)C1)S(=O)(=O)NC(=O)c1ccc2c(c1)N(C[C@@H]1CC[C@H]1[C@@H](O)C=C)C[C@@]1(CCCc3cc(Cl)ccc31)CO2. The fourth-order valence-electron chi connectivity index (χ4n) is 8.29. The van der Waals surface area contributed by atoms with E-state index in [1.165, 1.54) is 15.4 Å². The van der Waals surface area contributed by atoms with Gasteiger partial charge in [-0.05, 0) is 112 Å². The first-order valence-electron chi connectivity index (χ1n) is 17.1. The summed E-state index contributed by atoms with van der Waals surface area (Å²) in [4.78, 5) is 16.0. The Morgan fingerprint density at radius 1 is 1.25 bits per heavy atom. The Bertz CT molecular complexity index is 1650. The molecule has 9 nitrogen and oxygen atoms in total. The van der Waals surface area contributed by atoms with Crippen LogP contribution in [0.5, 0.6) is 5.75 Å². The van der Waals surface area contributed by atoms with Crippen LogP contribution in [0.4, 0.5) is 5.69 Å². The van der Waals surface area contributed by atoms with Gasteiger partial charge in [0.05, 0.1) is 24.5 Å². The van der Waals surface area contributed by atoms with Gasteiger partial charge in [-0.15, -0.1) is 13.2 Å².